The maximum absolute atomic E-state index is 11.1. The standard InChI is InChI=1S/C23H38Cl2O4/c1-4-15-23(25,5-2)21(27)13-10-12-18-17(19(24)16-20(18)26)11-8-6-7-9-14-22(28)29-3/h6,8,10,12,17-21,26-27H,4-5,7,9,11,13-16H2,1-3H3/t17-,18-,19-,20-,21+,23?/m1/s1. The molecule has 0 aliphatic heterocycles. The molecule has 0 radical (unpaired) electrons. The number of aliphatic hydroxyl groups is 2. The number of unbranched alkanes of at least 4 members (excludes halogenated alkanes) is 1. The molecule has 0 aromatic carbocycles. The molecule has 1 aliphatic carbocycles. The van der Waals surface area contributed by atoms with E-state index >= 15 is 0 Å². The Kier molecular flexibility index (Phi) is 12.5. The number of alkyl halides is 2. The molecule has 0 amide bonds. The van der Waals surface area contributed by atoms with Gasteiger partial charge in [-0.05, 0) is 50.9 Å². The van der Waals surface area contributed by atoms with Gasteiger partial charge in [0, 0.05) is 17.7 Å². The van der Waals surface area contributed by atoms with E-state index in [0.717, 1.165) is 38.5 Å². The highest BCUT2D eigenvalue weighted by molar-refractivity contribution is 6.24. The monoisotopic (exact) mass is 448 g/mol. The number of rotatable bonds is 13. The van der Waals surface area contributed by atoms with Crippen LogP contribution in [0.15, 0.2) is 24.3 Å². The van der Waals surface area contributed by atoms with Gasteiger partial charge in [-0.15, -0.1) is 23.2 Å². The Morgan fingerprint density at radius 3 is 2.66 bits per heavy atom. The fraction of sp³-hybridized carbons (Fsp3) is 0.783. The van der Waals surface area contributed by atoms with Crippen molar-refractivity contribution in [1.82, 2.24) is 0 Å². The molecule has 0 saturated heterocycles. The van der Waals surface area contributed by atoms with E-state index in [2.05, 4.69) is 23.8 Å². The van der Waals surface area contributed by atoms with Crippen LogP contribution in [-0.2, 0) is 9.53 Å². The first kappa shape index (κ1) is 26.5. The Labute approximate surface area is 186 Å². The van der Waals surface area contributed by atoms with E-state index in [1.165, 1.54) is 7.11 Å². The number of halogens is 2. The van der Waals surface area contributed by atoms with Gasteiger partial charge in [-0.2, -0.15) is 0 Å². The van der Waals surface area contributed by atoms with E-state index in [9.17, 15) is 15.0 Å². The second kappa shape index (κ2) is 13.7. The molecule has 6 heteroatoms. The molecule has 6 atom stereocenters. The van der Waals surface area contributed by atoms with Gasteiger partial charge >= 0.3 is 5.97 Å². The first-order chi connectivity index (χ1) is 13.8. The number of ether oxygens (including phenoxy) is 1. The fourth-order valence-corrected chi connectivity index (χ4v) is 4.80. The minimum atomic E-state index is -0.608. The first-order valence-electron chi connectivity index (χ1n) is 10.9. The SMILES string of the molecule is CCCC(Cl)(CC)[C@@H](O)CC=C[C@@H]1[C@@H](CC=CCCCC(=O)OC)[C@H](Cl)C[C@H]1O. The third-order valence-electron chi connectivity index (χ3n) is 5.99. The molecule has 168 valence electrons. The van der Waals surface area contributed by atoms with E-state index in [1.54, 1.807) is 0 Å². The number of methoxy groups -OCH3 is 1. The molecule has 0 aromatic heterocycles. The molecule has 0 heterocycles. The van der Waals surface area contributed by atoms with Gasteiger partial charge in [-0.1, -0.05) is 44.6 Å². The summed E-state index contributed by atoms with van der Waals surface area (Å²) >= 11 is 13.1. The number of hydrogen-bond donors (Lipinski definition) is 2. The van der Waals surface area contributed by atoms with E-state index < -0.39 is 17.1 Å². The van der Waals surface area contributed by atoms with Crippen molar-refractivity contribution in [3.63, 3.8) is 0 Å². The molecule has 1 aliphatic rings. The molecule has 29 heavy (non-hydrogen) atoms. The summed E-state index contributed by atoms with van der Waals surface area (Å²) in [5, 5.41) is 20.9. The molecule has 4 nitrogen and oxygen atoms in total. The highest BCUT2D eigenvalue weighted by Crippen LogP contribution is 2.40. The molecule has 1 rings (SSSR count). The molecule has 0 spiro atoms. The molecule has 0 aromatic rings. The summed E-state index contributed by atoms with van der Waals surface area (Å²) in [5.41, 5.74) is 0. The van der Waals surface area contributed by atoms with Crippen molar-refractivity contribution in [3.8, 4) is 0 Å². The molecule has 1 fully saturated rings. The maximum Gasteiger partial charge on any atom is 0.305 e. The highest BCUT2D eigenvalue weighted by atomic mass is 35.5. The predicted molar refractivity (Wildman–Crippen MR) is 120 cm³/mol. The van der Waals surface area contributed by atoms with Crippen molar-refractivity contribution in [1.29, 1.82) is 0 Å². The van der Waals surface area contributed by atoms with Crippen LogP contribution in [-0.4, -0.2) is 45.8 Å². The topological polar surface area (TPSA) is 66.8 Å². The number of esters is 1. The Morgan fingerprint density at radius 1 is 1.31 bits per heavy atom. The summed E-state index contributed by atoms with van der Waals surface area (Å²) in [6, 6.07) is 0. The summed E-state index contributed by atoms with van der Waals surface area (Å²) in [7, 11) is 1.40. The van der Waals surface area contributed by atoms with E-state index in [4.69, 9.17) is 23.2 Å². The summed E-state index contributed by atoms with van der Waals surface area (Å²) in [6.45, 7) is 4.07. The minimum Gasteiger partial charge on any atom is -0.469 e. The minimum absolute atomic E-state index is 0.0260. The lowest BCUT2D eigenvalue weighted by Crippen LogP contribution is -2.35. The van der Waals surface area contributed by atoms with Crippen molar-refractivity contribution < 1.29 is 19.7 Å². The van der Waals surface area contributed by atoms with Crippen LogP contribution in [0.2, 0.25) is 0 Å². The van der Waals surface area contributed by atoms with E-state index in [1.807, 2.05) is 19.1 Å². The van der Waals surface area contributed by atoms with Gasteiger partial charge in [0.2, 0.25) is 0 Å². The van der Waals surface area contributed by atoms with Crippen LogP contribution >= 0.6 is 23.2 Å². The molecule has 1 unspecified atom stereocenters. The average Bonchev–Trinajstić information content (AvgIpc) is 2.96. The van der Waals surface area contributed by atoms with Gasteiger partial charge in [0.1, 0.15) is 0 Å². The van der Waals surface area contributed by atoms with Crippen LogP contribution in [0.1, 0.15) is 71.6 Å². The van der Waals surface area contributed by atoms with E-state index in [0.29, 0.717) is 19.3 Å². The summed E-state index contributed by atoms with van der Waals surface area (Å²) in [6.07, 6.45) is 13.3. The molecular weight excluding hydrogens is 411 g/mol. The number of carbonyl (C=O) groups excluding carboxylic acids is 1. The lowest BCUT2D eigenvalue weighted by atomic mass is 9.88. The van der Waals surface area contributed by atoms with Gasteiger partial charge in [0.25, 0.3) is 0 Å². The van der Waals surface area contributed by atoms with Crippen LogP contribution in [0, 0.1) is 11.8 Å². The Morgan fingerprint density at radius 2 is 2.03 bits per heavy atom. The highest BCUT2D eigenvalue weighted by Gasteiger charge is 2.39. The molecule has 0 bridgehead atoms. The zero-order chi connectivity index (χ0) is 21.9. The number of carbonyl (C=O) groups is 1. The third kappa shape index (κ3) is 8.61. The van der Waals surface area contributed by atoms with Gasteiger partial charge in [0.05, 0.1) is 24.2 Å². The van der Waals surface area contributed by atoms with Crippen LogP contribution in [0.4, 0.5) is 0 Å². The lowest BCUT2D eigenvalue weighted by Gasteiger charge is -2.30. The van der Waals surface area contributed by atoms with Crippen molar-refractivity contribution in [3.05, 3.63) is 24.3 Å². The normalized spacial score (nSPS) is 28.1. The number of hydrogen-bond acceptors (Lipinski definition) is 4. The Hall–Kier alpha value is -0.550. The van der Waals surface area contributed by atoms with Gasteiger partial charge in [-0.3, -0.25) is 4.79 Å². The second-order valence-corrected chi connectivity index (χ2v) is 9.37. The Bertz CT molecular complexity index is 537. The zero-order valence-electron chi connectivity index (χ0n) is 18.0. The summed E-state index contributed by atoms with van der Waals surface area (Å²) < 4.78 is 4.63. The molecule has 2 N–H and O–H groups in total. The summed E-state index contributed by atoms with van der Waals surface area (Å²) in [4.78, 5) is 10.5. The number of aliphatic hydroxyl groups excluding tert-OH is 2. The van der Waals surface area contributed by atoms with Crippen LogP contribution in [0.5, 0.6) is 0 Å². The van der Waals surface area contributed by atoms with Crippen molar-refractivity contribution in [2.45, 2.75) is 94.1 Å². The number of allylic oxidation sites excluding steroid dienone is 2. The smallest absolute Gasteiger partial charge is 0.305 e. The molecular formula is C23H38Cl2O4. The van der Waals surface area contributed by atoms with Gasteiger partial charge in [0.15, 0.2) is 0 Å². The van der Waals surface area contributed by atoms with Crippen LogP contribution in [0.3, 0.4) is 0 Å². The predicted octanol–water partition coefficient (Wildman–Crippen LogP) is 5.38. The van der Waals surface area contributed by atoms with Crippen molar-refractivity contribution in [2.75, 3.05) is 7.11 Å². The largest absolute Gasteiger partial charge is 0.469 e. The zero-order valence-corrected chi connectivity index (χ0v) is 19.5. The second-order valence-electron chi connectivity index (χ2n) is 8.05. The summed E-state index contributed by atoms with van der Waals surface area (Å²) in [5.74, 6) is -0.0602. The first-order valence-corrected chi connectivity index (χ1v) is 11.7. The third-order valence-corrected chi connectivity index (χ3v) is 7.20. The van der Waals surface area contributed by atoms with Gasteiger partial charge < -0.3 is 14.9 Å². The van der Waals surface area contributed by atoms with Gasteiger partial charge in [-0.25, -0.2) is 0 Å². The Balaban J connectivity index is 2.57. The van der Waals surface area contributed by atoms with Crippen molar-refractivity contribution >= 4 is 29.2 Å². The van der Waals surface area contributed by atoms with Crippen LogP contribution < -0.4 is 0 Å². The molecule has 1 saturated carbocycles. The van der Waals surface area contributed by atoms with E-state index in [-0.39, 0.29) is 23.2 Å². The fourth-order valence-electron chi connectivity index (χ4n) is 4.07. The lowest BCUT2D eigenvalue weighted by molar-refractivity contribution is -0.140. The van der Waals surface area contributed by atoms with Crippen molar-refractivity contribution in [2.24, 2.45) is 11.8 Å². The maximum atomic E-state index is 11.1. The average molecular weight is 449 g/mol. The quantitative estimate of drug-likeness (QED) is 0.172. The van der Waals surface area contributed by atoms with Crippen LogP contribution in [0.25, 0.3) is 0 Å².